The lowest BCUT2D eigenvalue weighted by Crippen LogP contribution is -2.41. The number of nitriles is 1. The Balaban J connectivity index is 1.87. The molecule has 0 bridgehead atoms. The predicted molar refractivity (Wildman–Crippen MR) is 129 cm³/mol. The number of pyridine rings is 1. The summed E-state index contributed by atoms with van der Waals surface area (Å²) < 4.78 is 0. The SMILES string of the molecule is C=N/C=C1/C(=O)N(CC)N(c2cccc(C(C)(C)C#N)n2)C1=Nc1ccc2c(c1)CNCC2. The molecule has 1 aromatic heterocycles. The molecule has 8 nitrogen and oxygen atoms in total. The van der Waals surface area contributed by atoms with E-state index in [1.165, 1.54) is 17.3 Å². The first kappa shape index (κ1) is 22.4. The minimum atomic E-state index is -0.777. The first-order valence-electron chi connectivity index (χ1n) is 11.0. The van der Waals surface area contributed by atoms with Crippen LogP contribution in [0.2, 0.25) is 0 Å². The van der Waals surface area contributed by atoms with Crippen molar-refractivity contribution in [3.05, 3.63) is 65.0 Å². The van der Waals surface area contributed by atoms with Gasteiger partial charge in [0, 0.05) is 19.3 Å². The van der Waals surface area contributed by atoms with Gasteiger partial charge in [0.25, 0.3) is 5.91 Å². The van der Waals surface area contributed by atoms with E-state index in [2.05, 4.69) is 29.2 Å². The summed E-state index contributed by atoms with van der Waals surface area (Å²) in [6, 6.07) is 13.9. The quantitative estimate of drug-likeness (QED) is 0.566. The van der Waals surface area contributed by atoms with Gasteiger partial charge in [-0.05, 0) is 75.8 Å². The lowest BCUT2D eigenvalue weighted by molar-refractivity contribution is -0.125. The van der Waals surface area contributed by atoms with Gasteiger partial charge in [-0.1, -0.05) is 12.1 Å². The van der Waals surface area contributed by atoms with Gasteiger partial charge >= 0.3 is 0 Å². The van der Waals surface area contributed by atoms with Crippen LogP contribution < -0.4 is 10.3 Å². The van der Waals surface area contributed by atoms with Crippen molar-refractivity contribution in [1.82, 2.24) is 15.3 Å². The van der Waals surface area contributed by atoms with Crippen LogP contribution in [0.25, 0.3) is 0 Å². The van der Waals surface area contributed by atoms with E-state index in [1.54, 1.807) is 10.0 Å². The minimum Gasteiger partial charge on any atom is -0.312 e. The molecule has 0 aliphatic carbocycles. The van der Waals surface area contributed by atoms with Gasteiger partial charge in [-0.2, -0.15) is 5.26 Å². The summed E-state index contributed by atoms with van der Waals surface area (Å²) in [6.45, 7) is 11.2. The van der Waals surface area contributed by atoms with Gasteiger partial charge < -0.3 is 5.32 Å². The van der Waals surface area contributed by atoms with Crippen molar-refractivity contribution in [3.63, 3.8) is 0 Å². The summed E-state index contributed by atoms with van der Waals surface area (Å²) in [5.41, 5.74) is 3.44. The summed E-state index contributed by atoms with van der Waals surface area (Å²) in [7, 11) is 0. The molecule has 0 spiro atoms. The Hall–Kier alpha value is -3.83. The highest BCUT2D eigenvalue weighted by Gasteiger charge is 2.40. The predicted octanol–water partition coefficient (Wildman–Crippen LogP) is 3.43. The van der Waals surface area contributed by atoms with E-state index in [1.807, 2.05) is 51.1 Å². The number of anilines is 1. The van der Waals surface area contributed by atoms with Crippen LogP contribution in [0.1, 0.15) is 37.6 Å². The first-order chi connectivity index (χ1) is 15.9. The van der Waals surface area contributed by atoms with E-state index in [0.717, 1.165) is 25.2 Å². The van der Waals surface area contributed by atoms with Crippen molar-refractivity contribution in [3.8, 4) is 6.07 Å². The first-order valence-corrected chi connectivity index (χ1v) is 11.0. The maximum Gasteiger partial charge on any atom is 0.278 e. The number of fused-ring (bicyclic) bond motifs is 1. The number of amidine groups is 1. The topological polar surface area (TPSA) is 97.0 Å². The Morgan fingerprint density at radius 2 is 2.12 bits per heavy atom. The van der Waals surface area contributed by atoms with Crippen molar-refractivity contribution in [2.75, 3.05) is 18.1 Å². The van der Waals surface area contributed by atoms with Crippen molar-refractivity contribution < 1.29 is 4.79 Å². The van der Waals surface area contributed by atoms with E-state index in [0.29, 0.717) is 29.5 Å². The molecular weight excluding hydrogens is 414 g/mol. The molecule has 2 aliphatic rings. The highest BCUT2D eigenvalue weighted by Crippen LogP contribution is 2.31. The third-order valence-corrected chi connectivity index (χ3v) is 5.85. The van der Waals surface area contributed by atoms with E-state index in [9.17, 15) is 10.1 Å². The monoisotopic (exact) mass is 441 g/mol. The van der Waals surface area contributed by atoms with Crippen LogP contribution in [-0.4, -0.2) is 41.5 Å². The molecule has 1 fully saturated rings. The molecule has 1 N–H and O–H groups in total. The molecule has 4 rings (SSSR count). The second kappa shape index (κ2) is 8.96. The summed E-state index contributed by atoms with van der Waals surface area (Å²) in [6.07, 6.45) is 2.42. The average Bonchev–Trinajstić information content (AvgIpc) is 3.09. The highest BCUT2D eigenvalue weighted by molar-refractivity contribution is 6.31. The number of nitrogens with zero attached hydrogens (tertiary/aromatic N) is 6. The van der Waals surface area contributed by atoms with Crippen molar-refractivity contribution in [1.29, 1.82) is 5.26 Å². The van der Waals surface area contributed by atoms with Crippen molar-refractivity contribution in [2.24, 2.45) is 9.98 Å². The van der Waals surface area contributed by atoms with Gasteiger partial charge in [0.1, 0.15) is 5.57 Å². The van der Waals surface area contributed by atoms with Crippen molar-refractivity contribution >= 4 is 30.0 Å². The maximum atomic E-state index is 13.2. The summed E-state index contributed by atoms with van der Waals surface area (Å²) in [5, 5.41) is 16.2. The molecule has 168 valence electrons. The Morgan fingerprint density at radius 1 is 1.30 bits per heavy atom. The number of aliphatic imine (C=N–C) groups is 2. The normalized spacial score (nSPS) is 18.5. The molecule has 0 atom stereocenters. The second-order valence-electron chi connectivity index (χ2n) is 8.49. The van der Waals surface area contributed by atoms with E-state index in [-0.39, 0.29) is 5.91 Å². The Bertz CT molecular complexity index is 1210. The lowest BCUT2D eigenvalue weighted by atomic mass is 9.91. The van der Waals surface area contributed by atoms with E-state index >= 15 is 0 Å². The number of carbonyl (C=O) groups excluding carboxylic acids is 1. The number of nitrogens with one attached hydrogen (secondary N) is 1. The number of hydrogen-bond donors (Lipinski definition) is 1. The lowest BCUT2D eigenvalue weighted by Gasteiger charge is -2.28. The van der Waals surface area contributed by atoms with Gasteiger partial charge in [-0.3, -0.25) is 9.79 Å². The van der Waals surface area contributed by atoms with Gasteiger partial charge in [-0.25, -0.2) is 20.0 Å². The van der Waals surface area contributed by atoms with Crippen LogP contribution in [0.15, 0.2) is 58.2 Å². The third kappa shape index (κ3) is 4.15. The van der Waals surface area contributed by atoms with Crippen molar-refractivity contribution in [2.45, 2.75) is 39.2 Å². The highest BCUT2D eigenvalue weighted by atomic mass is 16.2. The van der Waals surface area contributed by atoms with Gasteiger partial charge in [-0.15, -0.1) is 0 Å². The number of rotatable bonds is 5. The standard InChI is InChI=1S/C25H27N7O/c1-5-31-24(33)20(15-27-4)23(29-19-10-9-17-11-12-28-14-18(17)13-19)32(31)22-8-6-7-21(30-22)25(2,3)16-26/h6-10,13,15,28H,4-5,11-12,14H2,1-3H3/b20-15+,29-23?. The van der Waals surface area contributed by atoms with Gasteiger partial charge in [0.05, 0.1) is 22.9 Å². The largest absolute Gasteiger partial charge is 0.312 e. The molecule has 33 heavy (non-hydrogen) atoms. The molecule has 8 heteroatoms. The fourth-order valence-electron chi connectivity index (χ4n) is 3.99. The van der Waals surface area contributed by atoms with Crippen LogP contribution >= 0.6 is 0 Å². The molecule has 0 saturated carbocycles. The zero-order chi connectivity index (χ0) is 23.6. The molecule has 2 aromatic rings. The second-order valence-corrected chi connectivity index (χ2v) is 8.49. The minimum absolute atomic E-state index is 0.227. The molecule has 1 amide bonds. The maximum absolute atomic E-state index is 13.2. The van der Waals surface area contributed by atoms with E-state index < -0.39 is 5.41 Å². The van der Waals surface area contributed by atoms with Gasteiger partial charge in [0.2, 0.25) is 0 Å². The Kier molecular flexibility index (Phi) is 6.07. The van der Waals surface area contributed by atoms with Crippen LogP contribution in [0.3, 0.4) is 0 Å². The fourth-order valence-corrected chi connectivity index (χ4v) is 3.99. The molecule has 0 radical (unpaired) electrons. The number of hydrogen-bond acceptors (Lipinski definition) is 6. The smallest absolute Gasteiger partial charge is 0.278 e. The van der Waals surface area contributed by atoms with E-state index in [4.69, 9.17) is 9.98 Å². The molecule has 1 aromatic carbocycles. The summed E-state index contributed by atoms with van der Waals surface area (Å²) >= 11 is 0. The number of aromatic nitrogens is 1. The zero-order valence-corrected chi connectivity index (χ0v) is 19.2. The summed E-state index contributed by atoms with van der Waals surface area (Å²) in [5.74, 6) is 0.712. The summed E-state index contributed by atoms with van der Waals surface area (Å²) in [4.78, 5) is 26.7. The average molecular weight is 442 g/mol. The fraction of sp³-hybridized carbons (Fsp3) is 0.320. The third-order valence-electron chi connectivity index (χ3n) is 5.85. The molecule has 2 aliphatic heterocycles. The number of hydrazine groups is 1. The van der Waals surface area contributed by atoms with Crippen LogP contribution in [0.4, 0.5) is 11.5 Å². The number of likely N-dealkylation sites (N-methyl/N-ethyl adjacent to an activating group) is 1. The zero-order valence-electron chi connectivity index (χ0n) is 19.2. The molecule has 1 saturated heterocycles. The number of carbonyl (C=O) groups is 1. The molecular formula is C25H27N7O. The molecule has 3 heterocycles. The van der Waals surface area contributed by atoms with Crippen LogP contribution in [-0.2, 0) is 23.2 Å². The van der Waals surface area contributed by atoms with Crippen LogP contribution in [0.5, 0.6) is 0 Å². The number of amides is 1. The van der Waals surface area contributed by atoms with Crippen LogP contribution in [0, 0.1) is 11.3 Å². The Morgan fingerprint density at radius 3 is 2.85 bits per heavy atom. The Labute approximate surface area is 194 Å². The number of benzene rings is 1. The molecule has 0 unspecified atom stereocenters. The van der Waals surface area contributed by atoms with Gasteiger partial charge in [0.15, 0.2) is 11.7 Å².